The van der Waals surface area contributed by atoms with Crippen molar-refractivity contribution in [2.75, 3.05) is 56.4 Å². The molecule has 6 aromatic heterocycles. The maximum Gasteiger partial charge on any atom is 0.255 e. The molecule has 10 aromatic rings. The maximum absolute atomic E-state index is 13.7. The van der Waals surface area contributed by atoms with Crippen molar-refractivity contribution in [3.8, 4) is 56.7 Å². The number of Topliss-reactive ketones (excluding diaryl/α,β-unsaturated/α-hetero) is 2. The summed E-state index contributed by atoms with van der Waals surface area (Å²) in [7, 11) is -0.664. The van der Waals surface area contributed by atoms with Gasteiger partial charge in [-0.25, -0.2) is 44.4 Å². The molecule has 10 rings (SSSR count). The number of benzene rings is 4. The Labute approximate surface area is 506 Å². The second-order valence-corrected chi connectivity index (χ2v) is 24.1. The minimum atomic E-state index is -3.82. The van der Waals surface area contributed by atoms with E-state index in [-0.39, 0.29) is 116 Å². The molecule has 89 heavy (non-hydrogen) atoms. The number of halogens is 4. The van der Waals surface area contributed by atoms with E-state index in [1.54, 1.807) is 18.2 Å². The minimum Gasteiger partial charge on any atom is -0.506 e. The van der Waals surface area contributed by atoms with Crippen molar-refractivity contribution in [3.63, 3.8) is 0 Å². The molecule has 2 amide bonds. The Kier molecular flexibility index (Phi) is 18.4. The first-order valence-corrected chi connectivity index (χ1v) is 30.6. The van der Waals surface area contributed by atoms with E-state index in [2.05, 4.69) is 30.6 Å². The van der Waals surface area contributed by atoms with Gasteiger partial charge in [-0.05, 0) is 122 Å². The van der Waals surface area contributed by atoms with Gasteiger partial charge in [0.1, 0.15) is 68.8 Å². The standard InChI is InChI=1S/C32H28F2N4O6S.C31H26F2N4O6S/c1-35-32(40)29-23-15-22(24-12-14-27(43-3)30(37-24)26(39)13-11-21-10-9-20(34)17-36-21)25(38(2)45(4,41)42)16-28(23)44-31(29)18-5-7-19(33)8-6-18;1-34-31(40)28-22-14-21(23-11-13-26(39)29(36-23)25(38)12-10-20-9-8-19(33)16-35-20)24(37(2)44(3,41)42)15-27(22)43-30(28)17-4-6-18(32)7-5-17/h5-10,12,14-17H,11,13H2,1-4H3,(H,35,40);4-9,11,13-16,39H,10,12H2,1-3H3,(H,34,40). The second kappa shape index (κ2) is 25.9. The summed E-state index contributed by atoms with van der Waals surface area (Å²) in [4.78, 5) is 69.7. The van der Waals surface area contributed by atoms with Crippen LogP contribution in [0.2, 0.25) is 0 Å². The van der Waals surface area contributed by atoms with E-state index in [0.29, 0.717) is 33.3 Å². The first kappa shape index (κ1) is 63.2. The number of ether oxygens (including phenoxy) is 1. The Balaban J connectivity index is 0.000000211. The number of methoxy groups -OCH3 is 1. The Morgan fingerprint density at radius 2 is 0.944 bits per heavy atom. The van der Waals surface area contributed by atoms with Crippen LogP contribution in [0.3, 0.4) is 0 Å². The molecule has 0 saturated heterocycles. The fourth-order valence-electron chi connectivity index (χ4n) is 9.46. The number of nitrogens with zero attached hydrogens (tertiary/aromatic N) is 6. The van der Waals surface area contributed by atoms with Gasteiger partial charge in [-0.2, -0.15) is 0 Å². The summed E-state index contributed by atoms with van der Waals surface area (Å²) < 4.78 is 124. The highest BCUT2D eigenvalue weighted by molar-refractivity contribution is 7.92. The minimum absolute atomic E-state index is 0.00381. The van der Waals surface area contributed by atoms with E-state index < -0.39 is 66.7 Å². The lowest BCUT2D eigenvalue weighted by atomic mass is 10.00. The van der Waals surface area contributed by atoms with Crippen LogP contribution in [0.15, 0.2) is 143 Å². The van der Waals surface area contributed by atoms with Gasteiger partial charge >= 0.3 is 0 Å². The van der Waals surface area contributed by atoms with Crippen LogP contribution in [-0.4, -0.2) is 113 Å². The number of sulfonamides is 2. The number of aromatic hydroxyl groups is 1. The molecule has 0 fully saturated rings. The van der Waals surface area contributed by atoms with Crippen LogP contribution in [0.1, 0.15) is 65.9 Å². The smallest absolute Gasteiger partial charge is 0.255 e. The molecule has 0 saturated carbocycles. The molecule has 0 radical (unpaired) electrons. The number of carbonyl (C=O) groups is 4. The Morgan fingerprint density at radius 3 is 1.33 bits per heavy atom. The van der Waals surface area contributed by atoms with Crippen molar-refractivity contribution in [1.82, 2.24) is 30.6 Å². The molecular weight excluding hydrogens is 1200 g/mol. The topological polar surface area (TPSA) is 274 Å². The second-order valence-electron chi connectivity index (χ2n) is 20.1. The van der Waals surface area contributed by atoms with Gasteiger partial charge in [-0.15, -0.1) is 0 Å². The number of nitrogens with one attached hydrogen (secondary N) is 2. The number of hydrogen-bond acceptors (Lipinski definition) is 16. The van der Waals surface area contributed by atoms with Crippen LogP contribution in [0, 0.1) is 23.3 Å². The SMILES string of the molecule is CNC(=O)c1c(-c2ccc(F)cc2)oc2cc(N(C)S(C)(=O)=O)c(-c3ccc(O)c(C(=O)CCc4ccc(F)cn4)n3)cc12.CNC(=O)c1c(-c2ccc(F)cc2)oc2cc(N(C)S(C)(=O)=O)c(-c3ccc(OC)c(C(=O)CCc4ccc(F)cn4)n3)cc12. The summed E-state index contributed by atoms with van der Waals surface area (Å²) in [5, 5.41) is 16.3. The number of carbonyl (C=O) groups excluding carboxylic acids is 4. The predicted octanol–water partition coefficient (Wildman–Crippen LogP) is 10.5. The van der Waals surface area contributed by atoms with E-state index >= 15 is 0 Å². The predicted molar refractivity (Wildman–Crippen MR) is 325 cm³/mol. The lowest BCUT2D eigenvalue weighted by Crippen LogP contribution is -2.25. The normalized spacial score (nSPS) is 11.4. The fraction of sp³-hybridized carbons (Fsp3) is 0.175. The zero-order chi connectivity index (χ0) is 64.2. The van der Waals surface area contributed by atoms with Gasteiger partial charge in [-0.1, -0.05) is 0 Å². The zero-order valence-corrected chi connectivity index (χ0v) is 50.1. The Hall–Kier alpha value is -10.3. The number of aryl methyl sites for hydroxylation is 2. The van der Waals surface area contributed by atoms with E-state index in [1.165, 1.54) is 138 Å². The number of ketones is 2. The molecule has 3 N–H and O–H groups in total. The van der Waals surface area contributed by atoms with Crippen molar-refractivity contribution in [3.05, 3.63) is 191 Å². The van der Waals surface area contributed by atoms with Gasteiger partial charge in [0.15, 0.2) is 11.6 Å². The summed E-state index contributed by atoms with van der Waals surface area (Å²) in [6, 6.07) is 27.9. The summed E-state index contributed by atoms with van der Waals surface area (Å²) in [6.07, 6.45) is 4.42. The lowest BCUT2D eigenvalue weighted by Gasteiger charge is -2.21. The van der Waals surface area contributed by atoms with Gasteiger partial charge in [0.05, 0.1) is 65.9 Å². The third-order valence-electron chi connectivity index (χ3n) is 14.2. The molecule has 26 heteroatoms. The lowest BCUT2D eigenvalue weighted by molar-refractivity contribution is 0.0956. The molecule has 0 unspecified atom stereocenters. The summed E-state index contributed by atoms with van der Waals surface area (Å²) in [5.41, 5.74) is 3.31. The molecule has 20 nitrogen and oxygen atoms in total. The average Bonchev–Trinajstić information content (AvgIpc) is 1.75. The molecular formula is C63H54F4N8O12S2. The van der Waals surface area contributed by atoms with Gasteiger partial charge < -0.3 is 29.3 Å². The van der Waals surface area contributed by atoms with Crippen molar-refractivity contribution in [2.24, 2.45) is 0 Å². The van der Waals surface area contributed by atoms with Crippen molar-refractivity contribution in [1.29, 1.82) is 0 Å². The van der Waals surface area contributed by atoms with Crippen LogP contribution in [-0.2, 0) is 32.9 Å². The number of hydrogen-bond donors (Lipinski definition) is 3. The van der Waals surface area contributed by atoms with Crippen LogP contribution < -0.4 is 24.0 Å². The first-order chi connectivity index (χ1) is 42.3. The quantitative estimate of drug-likeness (QED) is 0.0501. The van der Waals surface area contributed by atoms with Gasteiger partial charge in [0, 0.05) is 97.6 Å². The van der Waals surface area contributed by atoms with Gasteiger partial charge in [-0.3, -0.25) is 37.8 Å². The first-order valence-electron chi connectivity index (χ1n) is 26.9. The van der Waals surface area contributed by atoms with E-state index in [0.717, 1.165) is 33.5 Å². The number of anilines is 2. The molecule has 0 aliphatic rings. The van der Waals surface area contributed by atoms with E-state index in [4.69, 9.17) is 13.6 Å². The number of fused-ring (bicyclic) bond motifs is 2. The molecule has 458 valence electrons. The highest BCUT2D eigenvalue weighted by Crippen LogP contribution is 2.44. The molecule has 0 spiro atoms. The largest absolute Gasteiger partial charge is 0.506 e. The van der Waals surface area contributed by atoms with Crippen molar-refractivity contribution in [2.45, 2.75) is 25.7 Å². The van der Waals surface area contributed by atoms with Crippen LogP contribution >= 0.6 is 0 Å². The summed E-state index contributed by atoms with van der Waals surface area (Å²) >= 11 is 0. The number of pyridine rings is 4. The zero-order valence-electron chi connectivity index (χ0n) is 48.5. The summed E-state index contributed by atoms with van der Waals surface area (Å²) in [6.45, 7) is 0. The number of rotatable bonds is 19. The Morgan fingerprint density at radius 1 is 0.551 bits per heavy atom. The van der Waals surface area contributed by atoms with Crippen molar-refractivity contribution < 1.29 is 72.3 Å². The molecule has 6 heterocycles. The van der Waals surface area contributed by atoms with Crippen LogP contribution in [0.25, 0.3) is 67.1 Å². The summed E-state index contributed by atoms with van der Waals surface area (Å²) in [5.74, 6) is -3.77. The third kappa shape index (κ3) is 13.8. The molecule has 0 bridgehead atoms. The van der Waals surface area contributed by atoms with Gasteiger partial charge in [0.25, 0.3) is 11.8 Å². The van der Waals surface area contributed by atoms with Crippen molar-refractivity contribution >= 4 is 76.7 Å². The maximum atomic E-state index is 13.7. The van der Waals surface area contributed by atoms with E-state index in [1.807, 2.05) is 0 Å². The third-order valence-corrected chi connectivity index (χ3v) is 16.6. The fourth-order valence-corrected chi connectivity index (χ4v) is 10.5. The molecule has 0 aliphatic carbocycles. The number of amides is 2. The van der Waals surface area contributed by atoms with Crippen LogP contribution in [0.4, 0.5) is 28.9 Å². The molecule has 0 aliphatic heterocycles. The van der Waals surface area contributed by atoms with E-state index in [9.17, 15) is 58.7 Å². The molecule has 0 atom stereocenters. The average molecular weight is 1260 g/mol. The number of furan rings is 2. The Bertz CT molecular complexity index is 4630. The highest BCUT2D eigenvalue weighted by atomic mass is 32.2. The monoisotopic (exact) mass is 1250 g/mol. The number of aromatic nitrogens is 4. The van der Waals surface area contributed by atoms with Gasteiger partial charge in [0.2, 0.25) is 20.0 Å². The molecule has 4 aromatic carbocycles. The highest BCUT2D eigenvalue weighted by Gasteiger charge is 2.30. The van der Waals surface area contributed by atoms with Crippen LogP contribution in [0.5, 0.6) is 11.5 Å².